The van der Waals surface area contributed by atoms with E-state index in [4.69, 9.17) is 4.74 Å². The van der Waals surface area contributed by atoms with Crippen molar-refractivity contribution in [2.45, 2.75) is 58.0 Å². The first-order chi connectivity index (χ1) is 13.8. The number of hydrogen-bond donors (Lipinski definition) is 1. The number of hydrogen-bond acceptors (Lipinski definition) is 4. The average molecular weight is 382 g/mol. The Labute approximate surface area is 169 Å². The summed E-state index contributed by atoms with van der Waals surface area (Å²) < 4.78 is 6.53. The maximum absolute atomic E-state index is 6.53. The first kappa shape index (κ1) is 19.7. The molecular weight excluding hydrogens is 346 g/mol. The maximum atomic E-state index is 6.53. The SMILES string of the molecule is CCCCc1cc(OC2CCN(CC3CCNCC3)CC2)c2ncccc2c1. The second kappa shape index (κ2) is 9.71. The Bertz CT molecular complexity index is 749. The van der Waals surface area contributed by atoms with Crippen molar-refractivity contribution in [2.75, 3.05) is 32.7 Å². The van der Waals surface area contributed by atoms with Crippen LogP contribution in [0.25, 0.3) is 10.9 Å². The average Bonchev–Trinajstić information content (AvgIpc) is 2.74. The van der Waals surface area contributed by atoms with Crippen molar-refractivity contribution >= 4 is 10.9 Å². The summed E-state index contributed by atoms with van der Waals surface area (Å²) in [5.41, 5.74) is 2.39. The molecule has 0 aliphatic carbocycles. The van der Waals surface area contributed by atoms with Crippen LogP contribution in [0.15, 0.2) is 30.5 Å². The molecule has 152 valence electrons. The Morgan fingerprint density at radius 1 is 1.14 bits per heavy atom. The van der Waals surface area contributed by atoms with Crippen molar-refractivity contribution in [2.24, 2.45) is 5.92 Å². The molecule has 2 aromatic rings. The fraction of sp³-hybridized carbons (Fsp3) is 0.625. The summed E-state index contributed by atoms with van der Waals surface area (Å²) in [6.45, 7) is 8.23. The monoisotopic (exact) mass is 381 g/mol. The molecule has 2 aliphatic rings. The van der Waals surface area contributed by atoms with Gasteiger partial charge in [-0.2, -0.15) is 0 Å². The van der Waals surface area contributed by atoms with Crippen LogP contribution in [0.2, 0.25) is 0 Å². The number of benzene rings is 1. The van der Waals surface area contributed by atoms with Gasteiger partial charge in [-0.15, -0.1) is 0 Å². The summed E-state index contributed by atoms with van der Waals surface area (Å²) in [7, 11) is 0. The molecule has 2 fully saturated rings. The van der Waals surface area contributed by atoms with E-state index in [2.05, 4.69) is 40.3 Å². The van der Waals surface area contributed by atoms with Gasteiger partial charge >= 0.3 is 0 Å². The van der Waals surface area contributed by atoms with Crippen LogP contribution in [0.3, 0.4) is 0 Å². The van der Waals surface area contributed by atoms with Crippen LogP contribution in [0, 0.1) is 5.92 Å². The number of aryl methyl sites for hydroxylation is 1. The van der Waals surface area contributed by atoms with Crippen LogP contribution in [-0.4, -0.2) is 48.7 Å². The van der Waals surface area contributed by atoms with E-state index >= 15 is 0 Å². The number of aromatic nitrogens is 1. The Kier molecular flexibility index (Phi) is 6.81. The molecule has 1 aromatic carbocycles. The lowest BCUT2D eigenvalue weighted by Crippen LogP contribution is -2.42. The highest BCUT2D eigenvalue weighted by molar-refractivity contribution is 5.85. The highest BCUT2D eigenvalue weighted by Gasteiger charge is 2.24. The molecule has 28 heavy (non-hydrogen) atoms. The Hall–Kier alpha value is -1.65. The molecule has 0 radical (unpaired) electrons. The van der Waals surface area contributed by atoms with Gasteiger partial charge in [0.25, 0.3) is 0 Å². The molecule has 0 bridgehead atoms. The Morgan fingerprint density at radius 2 is 1.96 bits per heavy atom. The first-order valence-electron chi connectivity index (χ1n) is 11.3. The van der Waals surface area contributed by atoms with Gasteiger partial charge in [-0.05, 0) is 81.3 Å². The predicted octanol–water partition coefficient (Wildman–Crippen LogP) is 4.42. The fourth-order valence-corrected chi connectivity index (χ4v) is 4.65. The number of rotatable bonds is 7. The van der Waals surface area contributed by atoms with Crippen LogP contribution in [-0.2, 0) is 6.42 Å². The molecule has 3 heterocycles. The van der Waals surface area contributed by atoms with E-state index in [9.17, 15) is 0 Å². The number of nitrogens with zero attached hydrogens (tertiary/aromatic N) is 2. The lowest BCUT2D eigenvalue weighted by Gasteiger charge is -2.35. The second-order valence-corrected chi connectivity index (χ2v) is 8.58. The van der Waals surface area contributed by atoms with Gasteiger partial charge in [0.1, 0.15) is 17.4 Å². The third-order valence-corrected chi connectivity index (χ3v) is 6.35. The summed E-state index contributed by atoms with van der Waals surface area (Å²) in [5, 5.41) is 4.68. The van der Waals surface area contributed by atoms with Gasteiger partial charge in [-0.3, -0.25) is 4.98 Å². The quantitative estimate of drug-likeness (QED) is 0.770. The zero-order valence-electron chi connectivity index (χ0n) is 17.3. The summed E-state index contributed by atoms with van der Waals surface area (Å²) in [4.78, 5) is 7.28. The van der Waals surface area contributed by atoms with Gasteiger partial charge in [-0.25, -0.2) is 0 Å². The first-order valence-corrected chi connectivity index (χ1v) is 11.3. The minimum absolute atomic E-state index is 0.316. The van der Waals surface area contributed by atoms with E-state index in [0.717, 1.165) is 49.5 Å². The van der Waals surface area contributed by atoms with Crippen molar-refractivity contribution in [3.63, 3.8) is 0 Å². The molecule has 1 N–H and O–H groups in total. The van der Waals surface area contributed by atoms with Crippen LogP contribution in [0.4, 0.5) is 0 Å². The number of unbranched alkanes of at least 4 members (excludes halogenated alkanes) is 1. The summed E-state index contributed by atoms with van der Waals surface area (Å²) in [6.07, 6.45) is 10.7. The molecule has 0 saturated carbocycles. The van der Waals surface area contributed by atoms with Gasteiger partial charge < -0.3 is 15.0 Å². The molecule has 2 aliphatic heterocycles. The molecule has 4 nitrogen and oxygen atoms in total. The number of ether oxygens (including phenoxy) is 1. The summed E-state index contributed by atoms with van der Waals surface area (Å²) in [6, 6.07) is 8.71. The van der Waals surface area contributed by atoms with Crippen LogP contribution < -0.4 is 10.1 Å². The number of likely N-dealkylation sites (tertiary alicyclic amines) is 1. The standard InChI is InChI=1S/C24H35N3O/c1-2-3-5-20-16-21-6-4-11-26-24(21)23(17-20)28-22-9-14-27(15-10-22)18-19-7-12-25-13-8-19/h4,6,11,16-17,19,22,25H,2-3,5,7-10,12-15,18H2,1H3. The van der Waals surface area contributed by atoms with Crippen LogP contribution >= 0.6 is 0 Å². The zero-order valence-corrected chi connectivity index (χ0v) is 17.3. The maximum Gasteiger partial charge on any atom is 0.146 e. The molecule has 4 heteroatoms. The van der Waals surface area contributed by atoms with Crippen LogP contribution in [0.5, 0.6) is 5.75 Å². The van der Waals surface area contributed by atoms with E-state index in [1.807, 2.05) is 12.3 Å². The topological polar surface area (TPSA) is 37.4 Å². The molecular formula is C24H35N3O. The van der Waals surface area contributed by atoms with Crippen molar-refractivity contribution in [1.29, 1.82) is 0 Å². The fourth-order valence-electron chi connectivity index (χ4n) is 4.65. The van der Waals surface area contributed by atoms with E-state index in [1.165, 1.54) is 56.3 Å². The predicted molar refractivity (Wildman–Crippen MR) is 116 cm³/mol. The Balaban J connectivity index is 1.38. The molecule has 2 saturated heterocycles. The van der Waals surface area contributed by atoms with E-state index in [0.29, 0.717) is 6.10 Å². The number of piperidine rings is 2. The third-order valence-electron chi connectivity index (χ3n) is 6.35. The molecule has 0 amide bonds. The number of fused-ring (bicyclic) bond motifs is 1. The summed E-state index contributed by atoms with van der Waals surface area (Å²) >= 11 is 0. The smallest absolute Gasteiger partial charge is 0.146 e. The zero-order chi connectivity index (χ0) is 19.2. The molecule has 1 aromatic heterocycles. The minimum Gasteiger partial charge on any atom is -0.488 e. The van der Waals surface area contributed by atoms with E-state index < -0.39 is 0 Å². The summed E-state index contributed by atoms with van der Waals surface area (Å²) in [5.74, 6) is 1.86. The lowest BCUT2D eigenvalue weighted by molar-refractivity contribution is 0.0881. The van der Waals surface area contributed by atoms with Gasteiger partial charge in [0.05, 0.1) is 0 Å². The van der Waals surface area contributed by atoms with E-state index in [-0.39, 0.29) is 0 Å². The second-order valence-electron chi connectivity index (χ2n) is 8.58. The highest BCUT2D eigenvalue weighted by Crippen LogP contribution is 2.29. The van der Waals surface area contributed by atoms with Crippen molar-refractivity contribution in [3.05, 3.63) is 36.0 Å². The number of pyridine rings is 1. The van der Waals surface area contributed by atoms with Crippen molar-refractivity contribution in [3.8, 4) is 5.75 Å². The van der Waals surface area contributed by atoms with Gasteiger partial charge in [0.15, 0.2) is 0 Å². The number of nitrogens with one attached hydrogen (secondary N) is 1. The third kappa shape index (κ3) is 5.03. The van der Waals surface area contributed by atoms with Crippen molar-refractivity contribution < 1.29 is 4.74 Å². The molecule has 0 unspecified atom stereocenters. The minimum atomic E-state index is 0.316. The lowest BCUT2D eigenvalue weighted by atomic mass is 9.96. The van der Waals surface area contributed by atoms with E-state index in [1.54, 1.807) is 0 Å². The highest BCUT2D eigenvalue weighted by atomic mass is 16.5. The molecule has 4 rings (SSSR count). The van der Waals surface area contributed by atoms with Gasteiger partial charge in [0, 0.05) is 31.2 Å². The largest absolute Gasteiger partial charge is 0.488 e. The molecule has 0 atom stereocenters. The Morgan fingerprint density at radius 3 is 2.75 bits per heavy atom. The molecule has 0 spiro atoms. The van der Waals surface area contributed by atoms with Gasteiger partial charge in [0.2, 0.25) is 0 Å². The van der Waals surface area contributed by atoms with Crippen LogP contribution in [0.1, 0.15) is 51.0 Å². The normalized spacial score (nSPS) is 19.9. The van der Waals surface area contributed by atoms with Gasteiger partial charge in [-0.1, -0.05) is 19.4 Å². The van der Waals surface area contributed by atoms with Crippen molar-refractivity contribution in [1.82, 2.24) is 15.2 Å².